The fourth-order valence-corrected chi connectivity index (χ4v) is 4.46. The molecule has 4 rings (SSSR count). The van der Waals surface area contributed by atoms with E-state index in [4.69, 9.17) is 4.42 Å². The quantitative estimate of drug-likeness (QED) is 0.479. The molecule has 0 radical (unpaired) electrons. The summed E-state index contributed by atoms with van der Waals surface area (Å²) in [7, 11) is 0. The van der Waals surface area contributed by atoms with E-state index < -0.39 is 29.2 Å². The highest BCUT2D eigenvalue weighted by Gasteiger charge is 2.33. The van der Waals surface area contributed by atoms with Gasteiger partial charge < -0.3 is 14.8 Å². The lowest BCUT2D eigenvalue weighted by Gasteiger charge is -2.32. The highest BCUT2D eigenvalue weighted by molar-refractivity contribution is 5.95. The minimum Gasteiger partial charge on any atom is -0.478 e. The summed E-state index contributed by atoms with van der Waals surface area (Å²) in [5.41, 5.74) is 1.08. The van der Waals surface area contributed by atoms with E-state index in [1.807, 2.05) is 19.9 Å². The van der Waals surface area contributed by atoms with Crippen LogP contribution >= 0.6 is 0 Å². The van der Waals surface area contributed by atoms with Crippen LogP contribution in [-0.4, -0.2) is 17.1 Å². The van der Waals surface area contributed by atoms with Crippen molar-refractivity contribution in [1.82, 2.24) is 0 Å². The summed E-state index contributed by atoms with van der Waals surface area (Å²) < 4.78 is 34.3. The minimum atomic E-state index is -1.39. The van der Waals surface area contributed by atoms with E-state index in [-0.39, 0.29) is 22.3 Å². The number of nitrogens with one attached hydrogen (secondary N) is 1. The van der Waals surface area contributed by atoms with Crippen LogP contribution in [0.2, 0.25) is 0 Å². The molecule has 1 aliphatic carbocycles. The number of anilines is 1. The van der Waals surface area contributed by atoms with Gasteiger partial charge in [0.05, 0.1) is 11.7 Å². The maximum absolute atomic E-state index is 14.2. The van der Waals surface area contributed by atoms with Gasteiger partial charge in [-0.3, -0.25) is 4.79 Å². The standard InChI is InChI=1S/C27H25F2NO4/c1-14-23(31)19-13-27(3,4)12-18(25(19)34-24(14)16-7-5-8-17(28)11-16)15(2)30-21-10-6-9-20(29)22(21)26(32)33/h5-12,15,30H,13H2,1-4H3,(H,32,33). The van der Waals surface area contributed by atoms with Crippen LogP contribution in [0.25, 0.3) is 16.9 Å². The minimum absolute atomic E-state index is 0.116. The van der Waals surface area contributed by atoms with Gasteiger partial charge in [-0.25, -0.2) is 13.6 Å². The Morgan fingerprint density at radius 1 is 1.15 bits per heavy atom. The summed E-state index contributed by atoms with van der Waals surface area (Å²) in [5, 5.41) is 12.5. The Bertz CT molecular complexity index is 1390. The maximum atomic E-state index is 14.2. The number of benzene rings is 2. The molecular weight excluding hydrogens is 440 g/mol. The van der Waals surface area contributed by atoms with Gasteiger partial charge in [0.1, 0.15) is 28.7 Å². The van der Waals surface area contributed by atoms with Gasteiger partial charge in [0.25, 0.3) is 0 Å². The first-order chi connectivity index (χ1) is 16.0. The smallest absolute Gasteiger partial charge is 0.340 e. The van der Waals surface area contributed by atoms with E-state index in [2.05, 4.69) is 5.32 Å². The van der Waals surface area contributed by atoms with Gasteiger partial charge in [-0.2, -0.15) is 0 Å². The molecule has 2 aromatic carbocycles. The van der Waals surface area contributed by atoms with Crippen molar-refractivity contribution in [2.75, 3.05) is 5.32 Å². The summed E-state index contributed by atoms with van der Waals surface area (Å²) >= 11 is 0. The van der Waals surface area contributed by atoms with Crippen LogP contribution in [0.4, 0.5) is 14.5 Å². The Balaban J connectivity index is 1.85. The lowest BCUT2D eigenvalue weighted by atomic mass is 9.76. The molecule has 1 unspecified atom stereocenters. The molecule has 0 spiro atoms. The van der Waals surface area contributed by atoms with Crippen molar-refractivity contribution in [3.63, 3.8) is 0 Å². The molecule has 0 fully saturated rings. The molecule has 3 aromatic rings. The fourth-order valence-electron chi connectivity index (χ4n) is 4.46. The first-order valence-electron chi connectivity index (χ1n) is 10.9. The van der Waals surface area contributed by atoms with E-state index in [0.717, 1.165) is 6.07 Å². The first-order valence-corrected chi connectivity index (χ1v) is 10.9. The second kappa shape index (κ2) is 8.56. The predicted molar refractivity (Wildman–Crippen MR) is 127 cm³/mol. The number of carboxylic acids is 1. The average molecular weight is 465 g/mol. The van der Waals surface area contributed by atoms with E-state index >= 15 is 0 Å². The van der Waals surface area contributed by atoms with Gasteiger partial charge >= 0.3 is 5.97 Å². The Hall–Kier alpha value is -3.74. The van der Waals surface area contributed by atoms with Crippen molar-refractivity contribution in [3.05, 3.63) is 92.8 Å². The van der Waals surface area contributed by atoms with E-state index in [9.17, 15) is 23.5 Å². The van der Waals surface area contributed by atoms with Gasteiger partial charge in [0.15, 0.2) is 5.43 Å². The number of allylic oxidation sites excluding steroid dienone is 1. The summed E-state index contributed by atoms with van der Waals surface area (Å²) in [6.07, 6.45) is 2.42. The number of fused-ring (bicyclic) bond motifs is 1. The van der Waals surface area contributed by atoms with E-state index in [1.165, 1.54) is 24.3 Å². The number of halogens is 2. The fraction of sp³-hybridized carbons (Fsp3) is 0.259. The monoisotopic (exact) mass is 465 g/mol. The summed E-state index contributed by atoms with van der Waals surface area (Å²) in [6.45, 7) is 7.42. The van der Waals surface area contributed by atoms with Crippen LogP contribution in [0.15, 0.2) is 57.8 Å². The predicted octanol–water partition coefficient (Wildman–Crippen LogP) is 6.06. The maximum Gasteiger partial charge on any atom is 0.340 e. The van der Waals surface area contributed by atoms with Crippen molar-refractivity contribution in [2.24, 2.45) is 5.41 Å². The largest absolute Gasteiger partial charge is 0.478 e. The van der Waals surface area contributed by atoms with Gasteiger partial charge in [-0.15, -0.1) is 0 Å². The van der Waals surface area contributed by atoms with Crippen LogP contribution in [0.3, 0.4) is 0 Å². The van der Waals surface area contributed by atoms with Crippen molar-refractivity contribution in [1.29, 1.82) is 0 Å². The molecule has 176 valence electrons. The zero-order valence-corrected chi connectivity index (χ0v) is 19.3. The molecule has 0 bridgehead atoms. The summed E-state index contributed by atoms with van der Waals surface area (Å²) in [5.74, 6) is -2.04. The SMILES string of the molecule is Cc1c(-c2cccc(F)c2)oc2c(c1=O)CC(C)(C)C=C2C(C)Nc1cccc(F)c1C(=O)O. The number of hydrogen-bond donors (Lipinski definition) is 2. The third-order valence-electron chi connectivity index (χ3n) is 6.03. The number of hydrogen-bond acceptors (Lipinski definition) is 4. The highest BCUT2D eigenvalue weighted by atomic mass is 19.1. The van der Waals surface area contributed by atoms with Crippen LogP contribution < -0.4 is 10.7 Å². The zero-order valence-electron chi connectivity index (χ0n) is 19.3. The summed E-state index contributed by atoms with van der Waals surface area (Å²) in [6, 6.07) is 9.32. The second-order valence-electron chi connectivity index (χ2n) is 9.30. The summed E-state index contributed by atoms with van der Waals surface area (Å²) in [4.78, 5) is 25.0. The van der Waals surface area contributed by atoms with Crippen molar-refractivity contribution in [2.45, 2.75) is 40.2 Å². The van der Waals surface area contributed by atoms with E-state index in [1.54, 1.807) is 26.0 Å². The molecule has 1 atom stereocenters. The normalized spacial score (nSPS) is 15.3. The molecule has 0 amide bonds. The van der Waals surface area contributed by atoms with Crippen molar-refractivity contribution in [3.8, 4) is 11.3 Å². The highest BCUT2D eigenvalue weighted by Crippen LogP contribution is 2.40. The van der Waals surface area contributed by atoms with Crippen LogP contribution in [0, 0.1) is 24.0 Å². The van der Waals surface area contributed by atoms with Crippen LogP contribution in [-0.2, 0) is 6.42 Å². The van der Waals surface area contributed by atoms with Gasteiger partial charge in [-0.05, 0) is 49.9 Å². The second-order valence-corrected chi connectivity index (χ2v) is 9.30. The molecule has 2 N–H and O–H groups in total. The molecule has 0 saturated heterocycles. The molecular formula is C27H25F2NO4. The number of carboxylic acid groups (broad SMARTS) is 1. The molecule has 1 aliphatic rings. The topological polar surface area (TPSA) is 79.5 Å². The Labute approximate surface area is 195 Å². The first kappa shape index (κ1) is 23.4. The number of rotatable bonds is 5. The van der Waals surface area contributed by atoms with E-state index in [0.29, 0.717) is 34.4 Å². The molecule has 5 nitrogen and oxygen atoms in total. The van der Waals surface area contributed by atoms with Gasteiger partial charge in [0, 0.05) is 22.3 Å². The molecule has 0 saturated carbocycles. The molecule has 34 heavy (non-hydrogen) atoms. The lowest BCUT2D eigenvalue weighted by Crippen LogP contribution is -2.30. The zero-order chi connectivity index (χ0) is 24.8. The molecule has 1 aromatic heterocycles. The Morgan fingerprint density at radius 3 is 2.53 bits per heavy atom. The molecule has 7 heteroatoms. The average Bonchev–Trinajstić information content (AvgIpc) is 2.75. The van der Waals surface area contributed by atoms with Crippen LogP contribution in [0.5, 0.6) is 0 Å². The lowest BCUT2D eigenvalue weighted by molar-refractivity contribution is 0.0693. The van der Waals surface area contributed by atoms with Crippen molar-refractivity contribution >= 4 is 17.2 Å². The third-order valence-corrected chi connectivity index (χ3v) is 6.03. The van der Waals surface area contributed by atoms with Gasteiger partial charge in [-0.1, -0.05) is 38.1 Å². The Morgan fingerprint density at radius 2 is 1.85 bits per heavy atom. The number of aromatic carboxylic acids is 1. The number of carbonyl (C=O) groups is 1. The van der Waals surface area contributed by atoms with Crippen molar-refractivity contribution < 1.29 is 23.1 Å². The van der Waals surface area contributed by atoms with Crippen LogP contribution in [0.1, 0.15) is 48.0 Å². The third kappa shape index (κ3) is 4.25. The van der Waals surface area contributed by atoms with Gasteiger partial charge in [0.2, 0.25) is 0 Å². The molecule has 1 heterocycles. The Kier molecular flexibility index (Phi) is 5.89. The molecule has 0 aliphatic heterocycles.